The van der Waals surface area contributed by atoms with Crippen LogP contribution in [0.2, 0.25) is 0 Å². The van der Waals surface area contributed by atoms with Crippen molar-refractivity contribution in [2.45, 2.75) is 26.3 Å². The number of aromatic nitrogens is 6. The molecule has 0 aliphatic carbocycles. The van der Waals surface area contributed by atoms with Gasteiger partial charge in [-0.05, 0) is 28.3 Å². The molecule has 0 spiro atoms. The number of tetrazole rings is 1. The summed E-state index contributed by atoms with van der Waals surface area (Å²) in [6, 6.07) is 16.8. The number of H-pyrrole nitrogens is 1. The van der Waals surface area contributed by atoms with Crippen molar-refractivity contribution in [1.29, 1.82) is 0 Å². The van der Waals surface area contributed by atoms with Crippen molar-refractivity contribution in [3.05, 3.63) is 70.7 Å². The Kier molecular flexibility index (Phi) is 4.65. The van der Waals surface area contributed by atoms with Gasteiger partial charge in [-0.1, -0.05) is 55.5 Å². The molecule has 0 aliphatic rings. The fraction of sp³-hybridized carbons (Fsp3) is 0.182. The number of imidazole rings is 1. The summed E-state index contributed by atoms with van der Waals surface area (Å²) in [5.74, 6) is 1.77. The standard InChI is InChI=1S/C22H20N6S/c1-2-5-21-23-19-13-29-14-20(19)28(21)12-15-8-10-16(11-9-15)17-6-3-4-7-18(17)22-24-26-27-25-22/h3-4,6-11,13-14H,2,5,12H2,1H3,(H,24,25,26,27). The van der Waals surface area contributed by atoms with Gasteiger partial charge in [-0.3, -0.25) is 0 Å². The predicted octanol–water partition coefficient (Wildman–Crippen LogP) is 4.95. The second kappa shape index (κ2) is 7.60. The van der Waals surface area contributed by atoms with Crippen LogP contribution in [0.1, 0.15) is 24.7 Å². The third kappa shape index (κ3) is 3.34. The number of nitrogens with zero attached hydrogens (tertiary/aromatic N) is 5. The topological polar surface area (TPSA) is 72.3 Å². The van der Waals surface area contributed by atoms with Gasteiger partial charge in [0.15, 0.2) is 0 Å². The molecule has 1 N–H and O–H groups in total. The molecule has 0 amide bonds. The molecule has 5 rings (SSSR count). The maximum absolute atomic E-state index is 4.81. The van der Waals surface area contributed by atoms with Crippen LogP contribution in [0, 0.1) is 0 Å². The van der Waals surface area contributed by atoms with Crippen LogP contribution in [0.25, 0.3) is 33.5 Å². The molecular weight excluding hydrogens is 380 g/mol. The van der Waals surface area contributed by atoms with E-state index in [-0.39, 0.29) is 0 Å². The van der Waals surface area contributed by atoms with Gasteiger partial charge in [-0.2, -0.15) is 5.21 Å². The summed E-state index contributed by atoms with van der Waals surface area (Å²) < 4.78 is 2.34. The first-order valence-corrected chi connectivity index (χ1v) is 10.6. The van der Waals surface area contributed by atoms with Crippen molar-refractivity contribution in [3.8, 4) is 22.5 Å². The number of benzene rings is 2. The zero-order chi connectivity index (χ0) is 19.6. The second-order valence-electron chi connectivity index (χ2n) is 6.98. The smallest absolute Gasteiger partial charge is 0.205 e. The molecule has 5 aromatic rings. The number of thiophene rings is 1. The summed E-state index contributed by atoms with van der Waals surface area (Å²) in [5.41, 5.74) is 6.78. The normalized spacial score (nSPS) is 11.3. The maximum atomic E-state index is 4.81. The highest BCUT2D eigenvalue weighted by atomic mass is 32.1. The lowest BCUT2D eigenvalue weighted by Crippen LogP contribution is -2.05. The summed E-state index contributed by atoms with van der Waals surface area (Å²) in [6.07, 6.45) is 2.09. The molecule has 3 heterocycles. The van der Waals surface area contributed by atoms with Gasteiger partial charge < -0.3 is 4.57 Å². The molecule has 7 heteroatoms. The zero-order valence-corrected chi connectivity index (χ0v) is 16.9. The van der Waals surface area contributed by atoms with Gasteiger partial charge >= 0.3 is 0 Å². The number of fused-ring (bicyclic) bond motifs is 1. The Labute approximate surface area is 172 Å². The molecule has 0 saturated heterocycles. The van der Waals surface area contributed by atoms with Gasteiger partial charge in [0.05, 0.1) is 11.0 Å². The Balaban J connectivity index is 1.47. The first-order valence-electron chi connectivity index (χ1n) is 9.67. The molecule has 0 radical (unpaired) electrons. The van der Waals surface area contributed by atoms with E-state index >= 15 is 0 Å². The summed E-state index contributed by atoms with van der Waals surface area (Å²) in [6.45, 7) is 3.03. The van der Waals surface area contributed by atoms with Crippen LogP contribution in [0.3, 0.4) is 0 Å². The van der Waals surface area contributed by atoms with E-state index in [9.17, 15) is 0 Å². The van der Waals surface area contributed by atoms with Gasteiger partial charge in [0.25, 0.3) is 0 Å². The molecule has 0 fully saturated rings. The van der Waals surface area contributed by atoms with Crippen LogP contribution >= 0.6 is 11.3 Å². The minimum absolute atomic E-state index is 0.604. The number of aryl methyl sites for hydroxylation is 1. The Morgan fingerprint density at radius 1 is 1.00 bits per heavy atom. The third-order valence-corrected chi connectivity index (χ3v) is 5.78. The molecular formula is C22H20N6S. The maximum Gasteiger partial charge on any atom is 0.205 e. The van der Waals surface area contributed by atoms with Crippen LogP contribution in [-0.2, 0) is 13.0 Å². The highest BCUT2D eigenvalue weighted by molar-refractivity contribution is 7.09. The van der Waals surface area contributed by atoms with E-state index in [4.69, 9.17) is 4.98 Å². The Morgan fingerprint density at radius 3 is 2.59 bits per heavy atom. The summed E-state index contributed by atoms with van der Waals surface area (Å²) in [4.78, 5) is 4.81. The van der Waals surface area contributed by atoms with E-state index in [1.54, 1.807) is 11.3 Å². The summed E-state index contributed by atoms with van der Waals surface area (Å²) in [5, 5.41) is 18.8. The average molecular weight is 401 g/mol. The van der Waals surface area contributed by atoms with Crippen molar-refractivity contribution in [2.24, 2.45) is 0 Å². The van der Waals surface area contributed by atoms with E-state index in [1.807, 2.05) is 18.2 Å². The SMILES string of the molecule is CCCc1nc2cscc2n1Cc1ccc(-c2ccccc2-c2nn[nH]n2)cc1. The van der Waals surface area contributed by atoms with Crippen molar-refractivity contribution in [2.75, 3.05) is 0 Å². The molecule has 2 aromatic carbocycles. The number of aromatic amines is 1. The predicted molar refractivity (Wildman–Crippen MR) is 116 cm³/mol. The molecule has 0 bridgehead atoms. The van der Waals surface area contributed by atoms with Crippen molar-refractivity contribution in [1.82, 2.24) is 30.2 Å². The lowest BCUT2D eigenvalue weighted by Gasteiger charge is -2.11. The molecule has 29 heavy (non-hydrogen) atoms. The van der Waals surface area contributed by atoms with Gasteiger partial charge in [0, 0.05) is 29.3 Å². The Morgan fingerprint density at radius 2 is 1.83 bits per heavy atom. The van der Waals surface area contributed by atoms with Gasteiger partial charge in [-0.15, -0.1) is 21.5 Å². The fourth-order valence-corrected chi connectivity index (χ4v) is 4.42. The first-order chi connectivity index (χ1) is 14.3. The van der Waals surface area contributed by atoms with Crippen molar-refractivity contribution >= 4 is 22.4 Å². The zero-order valence-electron chi connectivity index (χ0n) is 16.0. The fourth-order valence-electron chi connectivity index (χ4n) is 3.68. The minimum atomic E-state index is 0.604. The monoisotopic (exact) mass is 400 g/mol. The second-order valence-corrected chi connectivity index (χ2v) is 7.73. The highest BCUT2D eigenvalue weighted by Gasteiger charge is 2.13. The molecule has 6 nitrogen and oxygen atoms in total. The Hall–Kier alpha value is -3.32. The van der Waals surface area contributed by atoms with Crippen molar-refractivity contribution in [3.63, 3.8) is 0 Å². The van der Waals surface area contributed by atoms with E-state index in [2.05, 4.69) is 73.2 Å². The van der Waals surface area contributed by atoms with E-state index in [0.717, 1.165) is 47.4 Å². The molecule has 3 aromatic heterocycles. The molecule has 0 aliphatic heterocycles. The quantitative estimate of drug-likeness (QED) is 0.438. The van der Waals surface area contributed by atoms with Gasteiger partial charge in [-0.25, -0.2) is 4.98 Å². The van der Waals surface area contributed by atoms with Crippen LogP contribution in [0.5, 0.6) is 0 Å². The lowest BCUT2D eigenvalue weighted by atomic mass is 9.98. The van der Waals surface area contributed by atoms with Crippen LogP contribution in [-0.4, -0.2) is 30.2 Å². The Bertz CT molecular complexity index is 1230. The van der Waals surface area contributed by atoms with Crippen LogP contribution < -0.4 is 0 Å². The number of rotatable bonds is 6. The number of hydrogen-bond acceptors (Lipinski definition) is 5. The third-order valence-electron chi connectivity index (χ3n) is 5.07. The van der Waals surface area contributed by atoms with E-state index in [1.165, 1.54) is 11.1 Å². The molecule has 144 valence electrons. The largest absolute Gasteiger partial charge is 0.323 e. The van der Waals surface area contributed by atoms with Crippen LogP contribution in [0.15, 0.2) is 59.3 Å². The lowest BCUT2D eigenvalue weighted by molar-refractivity contribution is 0.722. The van der Waals surface area contributed by atoms with Crippen molar-refractivity contribution < 1.29 is 0 Å². The summed E-state index contributed by atoms with van der Waals surface area (Å²) >= 11 is 1.71. The molecule has 0 saturated carbocycles. The number of hydrogen-bond donors (Lipinski definition) is 1. The van der Waals surface area contributed by atoms with Gasteiger partial charge in [0.1, 0.15) is 5.82 Å². The van der Waals surface area contributed by atoms with E-state index in [0.29, 0.717) is 5.82 Å². The summed E-state index contributed by atoms with van der Waals surface area (Å²) in [7, 11) is 0. The van der Waals surface area contributed by atoms with Gasteiger partial charge in [0.2, 0.25) is 5.82 Å². The molecule has 0 atom stereocenters. The highest BCUT2D eigenvalue weighted by Crippen LogP contribution is 2.30. The molecule has 0 unspecified atom stereocenters. The minimum Gasteiger partial charge on any atom is -0.323 e. The average Bonchev–Trinajstić information content (AvgIpc) is 3.49. The number of nitrogens with one attached hydrogen (secondary N) is 1. The van der Waals surface area contributed by atoms with E-state index < -0.39 is 0 Å². The first kappa shape index (κ1) is 17.8. The van der Waals surface area contributed by atoms with Crippen LogP contribution in [0.4, 0.5) is 0 Å².